The van der Waals surface area contributed by atoms with Crippen LogP contribution in [0.5, 0.6) is 5.75 Å². The molecule has 2 heterocycles. The zero-order chi connectivity index (χ0) is 14.4. The van der Waals surface area contributed by atoms with Crippen molar-refractivity contribution in [3.05, 3.63) is 29.8 Å². The molecule has 0 bridgehead atoms. The molecule has 0 radical (unpaired) electrons. The molecule has 0 spiro atoms. The van der Waals surface area contributed by atoms with E-state index < -0.39 is 0 Å². The Balaban J connectivity index is 1.45. The minimum atomic E-state index is -0.0325. The summed E-state index contributed by atoms with van der Waals surface area (Å²) in [4.78, 5) is 14.8. The highest BCUT2D eigenvalue weighted by molar-refractivity contribution is 5.80. The van der Waals surface area contributed by atoms with Crippen molar-refractivity contribution in [3.63, 3.8) is 0 Å². The number of para-hydroxylation sites is 1. The molecule has 1 aromatic rings. The number of rotatable bonds is 1. The summed E-state index contributed by atoms with van der Waals surface area (Å²) in [6.07, 6.45) is 3.10. The number of fused-ring (bicyclic) bond motifs is 2. The first kappa shape index (κ1) is 13.1. The molecule has 1 saturated heterocycles. The van der Waals surface area contributed by atoms with E-state index in [4.69, 9.17) is 10.5 Å². The van der Waals surface area contributed by atoms with Gasteiger partial charge in [-0.2, -0.15) is 0 Å². The van der Waals surface area contributed by atoms with E-state index in [1.54, 1.807) is 0 Å². The van der Waals surface area contributed by atoms with Crippen LogP contribution in [-0.2, 0) is 11.2 Å². The summed E-state index contributed by atoms with van der Waals surface area (Å²) in [5.74, 6) is 2.30. The first-order valence-corrected chi connectivity index (χ1v) is 7.97. The van der Waals surface area contributed by atoms with Gasteiger partial charge in [0.05, 0.1) is 5.92 Å². The SMILES string of the molecule is NC1CCC2CN(C(=O)C3COc4ccccc4C3)CC12. The lowest BCUT2D eigenvalue weighted by molar-refractivity contribution is -0.136. The molecule has 112 valence electrons. The Hall–Kier alpha value is -1.55. The topological polar surface area (TPSA) is 55.6 Å². The van der Waals surface area contributed by atoms with Crippen molar-refractivity contribution in [3.8, 4) is 5.75 Å². The maximum Gasteiger partial charge on any atom is 0.229 e. The van der Waals surface area contributed by atoms with Crippen molar-refractivity contribution >= 4 is 5.91 Å². The quantitative estimate of drug-likeness (QED) is 0.850. The highest BCUT2D eigenvalue weighted by Crippen LogP contribution is 2.38. The fraction of sp³-hybridized carbons (Fsp3) is 0.588. The number of nitrogens with zero attached hydrogens (tertiary/aromatic N) is 1. The molecule has 1 aliphatic carbocycles. The Labute approximate surface area is 125 Å². The summed E-state index contributed by atoms with van der Waals surface area (Å²) in [5, 5.41) is 0. The zero-order valence-electron chi connectivity index (χ0n) is 12.2. The van der Waals surface area contributed by atoms with Crippen molar-refractivity contribution < 1.29 is 9.53 Å². The lowest BCUT2D eigenvalue weighted by atomic mass is 9.95. The zero-order valence-corrected chi connectivity index (χ0v) is 12.2. The van der Waals surface area contributed by atoms with E-state index in [9.17, 15) is 4.79 Å². The lowest BCUT2D eigenvalue weighted by Gasteiger charge is -2.28. The van der Waals surface area contributed by atoms with Gasteiger partial charge >= 0.3 is 0 Å². The van der Waals surface area contributed by atoms with E-state index in [2.05, 4.69) is 6.07 Å². The third-order valence-corrected chi connectivity index (χ3v) is 5.45. The number of benzene rings is 1. The molecular weight excluding hydrogens is 264 g/mol. The van der Waals surface area contributed by atoms with Crippen molar-refractivity contribution in [1.82, 2.24) is 4.90 Å². The number of likely N-dealkylation sites (tertiary alicyclic amines) is 1. The van der Waals surface area contributed by atoms with Crippen LogP contribution in [-0.4, -0.2) is 36.5 Å². The molecule has 21 heavy (non-hydrogen) atoms. The molecule has 1 amide bonds. The normalized spacial score (nSPS) is 34.2. The summed E-state index contributed by atoms with van der Waals surface area (Å²) in [6.45, 7) is 2.26. The maximum absolute atomic E-state index is 12.8. The average Bonchev–Trinajstić information content (AvgIpc) is 3.08. The number of amides is 1. The van der Waals surface area contributed by atoms with Crippen LogP contribution < -0.4 is 10.5 Å². The van der Waals surface area contributed by atoms with Gasteiger partial charge in [-0.1, -0.05) is 18.2 Å². The van der Waals surface area contributed by atoms with Crippen molar-refractivity contribution in [2.45, 2.75) is 25.3 Å². The van der Waals surface area contributed by atoms with Gasteiger partial charge in [0.1, 0.15) is 12.4 Å². The summed E-state index contributed by atoms with van der Waals surface area (Å²) >= 11 is 0. The summed E-state index contributed by atoms with van der Waals surface area (Å²) < 4.78 is 5.76. The molecule has 3 aliphatic rings. The van der Waals surface area contributed by atoms with Gasteiger partial charge in [-0.25, -0.2) is 0 Å². The van der Waals surface area contributed by atoms with Crippen LogP contribution in [0.15, 0.2) is 24.3 Å². The fourth-order valence-corrected chi connectivity index (χ4v) is 4.23. The Morgan fingerprint density at radius 3 is 2.95 bits per heavy atom. The van der Waals surface area contributed by atoms with Gasteiger partial charge in [-0.3, -0.25) is 4.79 Å². The second kappa shape index (κ2) is 5.02. The molecule has 2 N–H and O–H groups in total. The first-order valence-electron chi connectivity index (χ1n) is 7.97. The van der Waals surface area contributed by atoms with Crippen LogP contribution in [0.3, 0.4) is 0 Å². The minimum absolute atomic E-state index is 0.0325. The Morgan fingerprint density at radius 2 is 2.10 bits per heavy atom. The van der Waals surface area contributed by atoms with Crippen LogP contribution in [0.1, 0.15) is 18.4 Å². The first-order chi connectivity index (χ1) is 10.2. The average molecular weight is 286 g/mol. The maximum atomic E-state index is 12.8. The third-order valence-electron chi connectivity index (χ3n) is 5.45. The molecule has 2 fully saturated rings. The van der Waals surface area contributed by atoms with E-state index >= 15 is 0 Å². The van der Waals surface area contributed by atoms with Crippen LogP contribution >= 0.6 is 0 Å². The largest absolute Gasteiger partial charge is 0.492 e. The van der Waals surface area contributed by atoms with Crippen LogP contribution in [0.2, 0.25) is 0 Å². The molecule has 4 rings (SSSR count). The molecule has 4 heteroatoms. The fourth-order valence-electron chi connectivity index (χ4n) is 4.23. The Bertz CT molecular complexity index is 559. The smallest absolute Gasteiger partial charge is 0.229 e. The van der Waals surface area contributed by atoms with Crippen molar-refractivity contribution in [2.75, 3.05) is 19.7 Å². The van der Waals surface area contributed by atoms with Gasteiger partial charge in [-0.15, -0.1) is 0 Å². The van der Waals surface area contributed by atoms with Gasteiger partial charge in [-0.05, 0) is 42.7 Å². The molecule has 1 aromatic carbocycles. The van der Waals surface area contributed by atoms with Gasteiger partial charge in [0, 0.05) is 19.1 Å². The molecule has 0 aromatic heterocycles. The van der Waals surface area contributed by atoms with E-state index in [0.717, 1.165) is 37.2 Å². The van der Waals surface area contributed by atoms with Gasteiger partial charge in [0.15, 0.2) is 0 Å². The highest BCUT2D eigenvalue weighted by Gasteiger charge is 2.44. The molecular formula is C17H22N2O2. The van der Waals surface area contributed by atoms with E-state index in [0.29, 0.717) is 18.4 Å². The van der Waals surface area contributed by atoms with E-state index in [1.165, 1.54) is 6.42 Å². The van der Waals surface area contributed by atoms with Gasteiger partial charge in [0.2, 0.25) is 5.91 Å². The minimum Gasteiger partial charge on any atom is -0.492 e. The molecule has 2 aliphatic heterocycles. The number of hydrogen-bond donors (Lipinski definition) is 1. The van der Waals surface area contributed by atoms with Crippen LogP contribution in [0, 0.1) is 17.8 Å². The highest BCUT2D eigenvalue weighted by atomic mass is 16.5. The second-order valence-electron chi connectivity index (χ2n) is 6.73. The van der Waals surface area contributed by atoms with Crippen LogP contribution in [0.25, 0.3) is 0 Å². The molecule has 1 saturated carbocycles. The monoisotopic (exact) mass is 286 g/mol. The number of nitrogens with two attached hydrogens (primary N) is 1. The van der Waals surface area contributed by atoms with E-state index in [1.807, 2.05) is 23.1 Å². The standard InChI is InChI=1S/C17H22N2O2/c18-15-6-5-12-8-19(9-14(12)15)17(20)13-7-11-3-1-2-4-16(11)21-10-13/h1-4,12-15H,5-10,18H2. The van der Waals surface area contributed by atoms with Crippen molar-refractivity contribution in [2.24, 2.45) is 23.5 Å². The number of hydrogen-bond acceptors (Lipinski definition) is 3. The lowest BCUT2D eigenvalue weighted by Crippen LogP contribution is -2.41. The van der Waals surface area contributed by atoms with Crippen LogP contribution in [0.4, 0.5) is 0 Å². The Kier molecular flexibility index (Phi) is 3.14. The molecule has 4 atom stereocenters. The summed E-state index contributed by atoms with van der Waals surface area (Å²) in [5.41, 5.74) is 7.31. The number of ether oxygens (including phenoxy) is 1. The summed E-state index contributed by atoms with van der Waals surface area (Å²) in [6, 6.07) is 8.31. The number of carbonyl (C=O) groups excluding carboxylic acids is 1. The van der Waals surface area contributed by atoms with Crippen molar-refractivity contribution in [1.29, 1.82) is 0 Å². The van der Waals surface area contributed by atoms with E-state index in [-0.39, 0.29) is 17.9 Å². The predicted octanol–water partition coefficient (Wildman–Crippen LogP) is 1.43. The second-order valence-corrected chi connectivity index (χ2v) is 6.73. The third kappa shape index (κ3) is 2.22. The summed E-state index contributed by atoms with van der Waals surface area (Å²) in [7, 11) is 0. The Morgan fingerprint density at radius 1 is 1.24 bits per heavy atom. The number of carbonyl (C=O) groups is 1. The van der Waals surface area contributed by atoms with Gasteiger partial charge < -0.3 is 15.4 Å². The molecule has 4 nitrogen and oxygen atoms in total. The predicted molar refractivity (Wildman–Crippen MR) is 79.9 cm³/mol. The van der Waals surface area contributed by atoms with Gasteiger partial charge in [0.25, 0.3) is 0 Å². The molecule has 4 unspecified atom stereocenters.